The van der Waals surface area contributed by atoms with Crippen molar-refractivity contribution in [1.29, 1.82) is 0 Å². The zero-order chi connectivity index (χ0) is 15.2. The summed E-state index contributed by atoms with van der Waals surface area (Å²) in [6, 6.07) is 17.2. The van der Waals surface area contributed by atoms with Crippen LogP contribution in [0.3, 0.4) is 0 Å². The van der Waals surface area contributed by atoms with Crippen molar-refractivity contribution in [3.63, 3.8) is 0 Å². The highest BCUT2D eigenvalue weighted by Gasteiger charge is 2.14. The van der Waals surface area contributed by atoms with Crippen molar-refractivity contribution >= 4 is 11.6 Å². The van der Waals surface area contributed by atoms with Crippen LogP contribution in [-0.4, -0.2) is 11.9 Å². The minimum atomic E-state index is -0.544. The van der Waals surface area contributed by atoms with E-state index in [1.165, 1.54) is 5.56 Å². The normalized spacial score (nSPS) is 12.2. The molecule has 0 radical (unpaired) electrons. The summed E-state index contributed by atoms with van der Waals surface area (Å²) in [5, 5.41) is 2.86. The fraction of sp³-hybridized carbons (Fsp3) is 0.278. The van der Waals surface area contributed by atoms with Gasteiger partial charge in [0.05, 0.1) is 6.04 Å². The van der Waals surface area contributed by atoms with Gasteiger partial charge < -0.3 is 11.1 Å². The summed E-state index contributed by atoms with van der Waals surface area (Å²) in [7, 11) is 0. The highest BCUT2D eigenvalue weighted by molar-refractivity contribution is 5.94. The third kappa shape index (κ3) is 4.43. The van der Waals surface area contributed by atoms with E-state index in [0.29, 0.717) is 12.3 Å². The van der Waals surface area contributed by atoms with E-state index in [-0.39, 0.29) is 5.91 Å². The van der Waals surface area contributed by atoms with Crippen LogP contribution >= 0.6 is 0 Å². The average Bonchev–Trinajstić information content (AvgIpc) is 2.48. The summed E-state index contributed by atoms with van der Waals surface area (Å²) >= 11 is 0. The number of benzene rings is 2. The molecular formula is C18H22N2O. The molecule has 0 fully saturated rings. The van der Waals surface area contributed by atoms with Gasteiger partial charge in [-0.2, -0.15) is 0 Å². The summed E-state index contributed by atoms with van der Waals surface area (Å²) in [5.41, 5.74) is 9.06. The van der Waals surface area contributed by atoms with E-state index in [9.17, 15) is 4.79 Å². The summed E-state index contributed by atoms with van der Waals surface area (Å²) in [6.07, 6.45) is 0.538. The second-order valence-corrected chi connectivity index (χ2v) is 5.56. The molecule has 2 rings (SSSR count). The topological polar surface area (TPSA) is 55.1 Å². The van der Waals surface area contributed by atoms with Crippen molar-refractivity contribution < 1.29 is 4.79 Å². The largest absolute Gasteiger partial charge is 0.325 e. The molecule has 0 saturated carbocycles. The van der Waals surface area contributed by atoms with Crippen molar-refractivity contribution in [3.05, 3.63) is 65.7 Å². The monoisotopic (exact) mass is 282 g/mol. The maximum atomic E-state index is 12.1. The van der Waals surface area contributed by atoms with Crippen molar-refractivity contribution in [3.8, 4) is 0 Å². The summed E-state index contributed by atoms with van der Waals surface area (Å²) < 4.78 is 0. The van der Waals surface area contributed by atoms with Gasteiger partial charge in [0.25, 0.3) is 0 Å². The van der Waals surface area contributed by atoms with E-state index in [1.54, 1.807) is 0 Å². The number of anilines is 1. The molecule has 3 N–H and O–H groups in total. The third-order valence-electron chi connectivity index (χ3n) is 3.48. The molecule has 0 heterocycles. The molecule has 2 aromatic rings. The molecule has 0 saturated heterocycles. The molecule has 1 amide bonds. The minimum Gasteiger partial charge on any atom is -0.325 e. The van der Waals surface area contributed by atoms with Crippen LogP contribution in [0.1, 0.15) is 30.9 Å². The molecule has 0 aromatic heterocycles. The Balaban J connectivity index is 1.94. The van der Waals surface area contributed by atoms with Crippen LogP contribution in [0.15, 0.2) is 54.6 Å². The predicted molar refractivity (Wildman–Crippen MR) is 87.3 cm³/mol. The first-order chi connectivity index (χ1) is 10.1. The van der Waals surface area contributed by atoms with E-state index in [2.05, 4.69) is 19.2 Å². The molecule has 0 bridgehead atoms. The molecule has 0 aliphatic heterocycles. The number of nitrogens with one attached hydrogen (secondary N) is 1. The smallest absolute Gasteiger partial charge is 0.241 e. The first kappa shape index (κ1) is 15.3. The number of rotatable bonds is 5. The van der Waals surface area contributed by atoms with Crippen LogP contribution in [0.4, 0.5) is 5.69 Å². The number of carbonyl (C=O) groups excluding carboxylic acids is 1. The fourth-order valence-electron chi connectivity index (χ4n) is 2.15. The van der Waals surface area contributed by atoms with Gasteiger partial charge in [0, 0.05) is 5.69 Å². The van der Waals surface area contributed by atoms with Gasteiger partial charge in [-0.15, -0.1) is 0 Å². The van der Waals surface area contributed by atoms with E-state index >= 15 is 0 Å². The molecular weight excluding hydrogens is 260 g/mol. The second-order valence-electron chi connectivity index (χ2n) is 5.56. The molecule has 0 aliphatic carbocycles. The van der Waals surface area contributed by atoms with Crippen molar-refractivity contribution in [2.24, 2.45) is 5.73 Å². The Morgan fingerprint density at radius 1 is 1.05 bits per heavy atom. The van der Waals surface area contributed by atoms with Gasteiger partial charge in [-0.25, -0.2) is 0 Å². The van der Waals surface area contributed by atoms with Crippen molar-refractivity contribution in [2.75, 3.05) is 5.32 Å². The zero-order valence-electron chi connectivity index (χ0n) is 12.5. The van der Waals surface area contributed by atoms with Gasteiger partial charge in [-0.3, -0.25) is 4.79 Å². The molecule has 1 atom stereocenters. The van der Waals surface area contributed by atoms with E-state index in [4.69, 9.17) is 5.73 Å². The van der Waals surface area contributed by atoms with Gasteiger partial charge in [0.1, 0.15) is 0 Å². The Morgan fingerprint density at radius 3 is 2.24 bits per heavy atom. The lowest BCUT2D eigenvalue weighted by atomic mass is 10.0. The number of hydrogen-bond donors (Lipinski definition) is 2. The number of amides is 1. The SMILES string of the molecule is CC(C)c1ccc(NC(=O)[C@@H](N)Cc2ccccc2)cc1. The highest BCUT2D eigenvalue weighted by atomic mass is 16.2. The van der Waals surface area contributed by atoms with Gasteiger partial charge in [0.15, 0.2) is 0 Å². The summed E-state index contributed by atoms with van der Waals surface area (Å²) in [4.78, 5) is 12.1. The summed E-state index contributed by atoms with van der Waals surface area (Å²) in [5.74, 6) is 0.325. The summed E-state index contributed by atoms with van der Waals surface area (Å²) in [6.45, 7) is 4.28. The molecule has 21 heavy (non-hydrogen) atoms. The maximum Gasteiger partial charge on any atom is 0.241 e. The van der Waals surface area contributed by atoms with Crippen molar-refractivity contribution in [2.45, 2.75) is 32.2 Å². The van der Waals surface area contributed by atoms with Crippen molar-refractivity contribution in [1.82, 2.24) is 0 Å². The van der Waals surface area contributed by atoms with Gasteiger partial charge >= 0.3 is 0 Å². The molecule has 3 heteroatoms. The predicted octanol–water partition coefficient (Wildman–Crippen LogP) is 3.32. The standard InChI is InChI=1S/C18H22N2O/c1-13(2)15-8-10-16(11-9-15)20-18(21)17(19)12-14-6-4-3-5-7-14/h3-11,13,17H,12,19H2,1-2H3,(H,20,21)/t17-/m0/s1. The molecule has 0 spiro atoms. The average molecular weight is 282 g/mol. The van der Waals surface area contributed by atoms with Crippen LogP contribution in [0.2, 0.25) is 0 Å². The molecule has 0 aliphatic rings. The Morgan fingerprint density at radius 2 is 1.67 bits per heavy atom. The first-order valence-corrected chi connectivity index (χ1v) is 7.26. The minimum absolute atomic E-state index is 0.156. The Hall–Kier alpha value is -2.13. The van der Waals surface area contributed by atoms with Gasteiger partial charge in [-0.05, 0) is 35.6 Å². The molecule has 3 nitrogen and oxygen atoms in total. The van der Waals surface area contributed by atoms with Crippen LogP contribution in [0, 0.1) is 0 Å². The lowest BCUT2D eigenvalue weighted by Gasteiger charge is -2.13. The van der Waals surface area contributed by atoms with Gasteiger partial charge in [-0.1, -0.05) is 56.3 Å². The lowest BCUT2D eigenvalue weighted by molar-refractivity contribution is -0.117. The first-order valence-electron chi connectivity index (χ1n) is 7.26. The van der Waals surface area contributed by atoms with E-state index in [0.717, 1.165) is 11.3 Å². The maximum absolute atomic E-state index is 12.1. The quantitative estimate of drug-likeness (QED) is 0.884. The zero-order valence-corrected chi connectivity index (χ0v) is 12.5. The Labute approximate surface area is 126 Å². The fourth-order valence-corrected chi connectivity index (χ4v) is 2.15. The molecule has 0 unspecified atom stereocenters. The van der Waals surface area contributed by atoms with Crippen LogP contribution in [-0.2, 0) is 11.2 Å². The second kappa shape index (κ2) is 7.04. The Bertz CT molecular complexity index is 576. The Kier molecular flexibility index (Phi) is 5.12. The molecule has 2 aromatic carbocycles. The molecule has 110 valence electrons. The van der Waals surface area contributed by atoms with Crippen LogP contribution in [0.25, 0.3) is 0 Å². The van der Waals surface area contributed by atoms with Crippen LogP contribution < -0.4 is 11.1 Å². The number of hydrogen-bond acceptors (Lipinski definition) is 2. The van der Waals surface area contributed by atoms with E-state index < -0.39 is 6.04 Å². The highest BCUT2D eigenvalue weighted by Crippen LogP contribution is 2.17. The lowest BCUT2D eigenvalue weighted by Crippen LogP contribution is -2.37. The number of carbonyl (C=O) groups is 1. The van der Waals surface area contributed by atoms with Crippen LogP contribution in [0.5, 0.6) is 0 Å². The number of nitrogens with two attached hydrogens (primary N) is 1. The van der Waals surface area contributed by atoms with E-state index in [1.807, 2.05) is 54.6 Å². The third-order valence-corrected chi connectivity index (χ3v) is 3.48. The van der Waals surface area contributed by atoms with Gasteiger partial charge in [0.2, 0.25) is 5.91 Å².